The highest BCUT2D eigenvalue weighted by atomic mass is 31.0. The van der Waals surface area contributed by atoms with Gasteiger partial charge >= 0.3 is 12.1 Å². The number of alkyl halides is 3. The molecule has 104 valence electrons. The number of carbonyl (C=O) groups excluding carboxylic acids is 2. The molecule has 1 unspecified atom stereocenters. The van der Waals surface area contributed by atoms with Crippen LogP contribution in [0.5, 0.6) is 0 Å². The smallest absolute Gasteiger partial charge is 0.393 e. The van der Waals surface area contributed by atoms with Gasteiger partial charge in [-0.15, -0.1) is 0 Å². The molecule has 19 heavy (non-hydrogen) atoms. The first-order chi connectivity index (χ1) is 8.73. The molecular weight excluding hydrogens is 282 g/mol. The van der Waals surface area contributed by atoms with E-state index in [4.69, 9.17) is 0 Å². The molecule has 0 aromatic heterocycles. The first kappa shape index (κ1) is 15.4. The van der Waals surface area contributed by atoms with Crippen molar-refractivity contribution >= 4 is 26.5 Å². The second-order valence-electron chi connectivity index (χ2n) is 3.64. The summed E-state index contributed by atoms with van der Waals surface area (Å²) in [4.78, 5) is 22.2. The highest BCUT2D eigenvalue weighted by Crippen LogP contribution is 2.27. The SMILES string of the molecule is COC(=O)c1ccc(NC(=O)P)c(CC(F)(F)F)c1. The summed E-state index contributed by atoms with van der Waals surface area (Å²) in [7, 11) is 2.93. The maximum Gasteiger partial charge on any atom is 0.393 e. The molecule has 1 atom stereocenters. The minimum atomic E-state index is -4.45. The lowest BCUT2D eigenvalue weighted by Gasteiger charge is -2.13. The fourth-order valence-corrected chi connectivity index (χ4v) is 1.61. The summed E-state index contributed by atoms with van der Waals surface area (Å²) in [5.41, 5.74) is -0.783. The average Bonchev–Trinajstić information content (AvgIpc) is 2.28. The lowest BCUT2D eigenvalue weighted by molar-refractivity contribution is -0.127. The zero-order valence-corrected chi connectivity index (χ0v) is 11.0. The van der Waals surface area contributed by atoms with Gasteiger partial charge in [0.2, 0.25) is 5.65 Å². The number of carbonyl (C=O) groups is 2. The molecule has 0 saturated heterocycles. The molecule has 0 fully saturated rings. The van der Waals surface area contributed by atoms with Crippen LogP contribution in [-0.4, -0.2) is 24.9 Å². The van der Waals surface area contributed by atoms with Crippen LogP contribution in [0.3, 0.4) is 0 Å². The molecule has 0 aliphatic carbocycles. The fourth-order valence-electron chi connectivity index (χ4n) is 1.46. The van der Waals surface area contributed by atoms with Crippen LogP contribution >= 0.6 is 9.24 Å². The number of nitrogens with one attached hydrogen (secondary N) is 1. The van der Waals surface area contributed by atoms with Gasteiger partial charge in [-0.25, -0.2) is 4.79 Å². The number of benzene rings is 1. The summed E-state index contributed by atoms with van der Waals surface area (Å²) >= 11 is 0. The molecular formula is C11H11F3NO3P. The number of hydrogen-bond acceptors (Lipinski definition) is 3. The van der Waals surface area contributed by atoms with Crippen LogP contribution in [0.2, 0.25) is 0 Å². The van der Waals surface area contributed by atoms with E-state index in [9.17, 15) is 22.8 Å². The van der Waals surface area contributed by atoms with E-state index >= 15 is 0 Å². The van der Waals surface area contributed by atoms with Gasteiger partial charge in [0.25, 0.3) is 0 Å². The summed E-state index contributed by atoms with van der Waals surface area (Å²) in [6.45, 7) is 0. The van der Waals surface area contributed by atoms with Crippen molar-refractivity contribution in [3.63, 3.8) is 0 Å². The van der Waals surface area contributed by atoms with Gasteiger partial charge in [0.1, 0.15) is 0 Å². The van der Waals surface area contributed by atoms with Gasteiger partial charge in [0.05, 0.1) is 19.1 Å². The lowest BCUT2D eigenvalue weighted by Crippen LogP contribution is -2.15. The molecule has 0 aliphatic heterocycles. The Bertz CT molecular complexity index is 502. The summed E-state index contributed by atoms with van der Waals surface area (Å²) in [5.74, 6) is -0.743. The van der Waals surface area contributed by atoms with Crippen LogP contribution in [-0.2, 0) is 11.2 Å². The van der Waals surface area contributed by atoms with E-state index in [1.807, 2.05) is 0 Å². The zero-order chi connectivity index (χ0) is 14.6. The molecule has 1 rings (SSSR count). The second-order valence-corrected chi connectivity index (χ2v) is 4.17. The fraction of sp³-hybridized carbons (Fsp3) is 0.273. The van der Waals surface area contributed by atoms with Crippen LogP contribution in [0.4, 0.5) is 23.7 Å². The van der Waals surface area contributed by atoms with Crippen molar-refractivity contribution in [3.8, 4) is 0 Å². The molecule has 0 radical (unpaired) electrons. The normalized spacial score (nSPS) is 11.0. The van der Waals surface area contributed by atoms with Crippen molar-refractivity contribution in [2.24, 2.45) is 0 Å². The van der Waals surface area contributed by atoms with Crippen molar-refractivity contribution in [2.45, 2.75) is 12.6 Å². The Morgan fingerprint density at radius 3 is 2.47 bits per heavy atom. The summed E-state index contributed by atoms with van der Waals surface area (Å²) < 4.78 is 41.7. The molecule has 0 spiro atoms. The van der Waals surface area contributed by atoms with Gasteiger partial charge in [-0.1, -0.05) is 0 Å². The number of ether oxygens (including phenoxy) is 1. The zero-order valence-electron chi connectivity index (χ0n) is 9.88. The van der Waals surface area contributed by atoms with Crippen molar-refractivity contribution in [1.29, 1.82) is 0 Å². The molecule has 1 N–H and O–H groups in total. The van der Waals surface area contributed by atoms with E-state index in [2.05, 4.69) is 10.1 Å². The Labute approximate surface area is 109 Å². The summed E-state index contributed by atoms with van der Waals surface area (Å²) in [5, 5.41) is 2.25. The Morgan fingerprint density at radius 1 is 1.37 bits per heavy atom. The molecule has 1 aromatic rings. The predicted octanol–water partition coefficient (Wildman–Crippen LogP) is 2.99. The Hall–Kier alpha value is -1.62. The number of esters is 1. The Balaban J connectivity index is 3.17. The van der Waals surface area contributed by atoms with E-state index < -0.39 is 24.2 Å². The van der Waals surface area contributed by atoms with Crippen LogP contribution in [0.1, 0.15) is 15.9 Å². The molecule has 1 amide bonds. The monoisotopic (exact) mass is 293 g/mol. The first-order valence-corrected chi connectivity index (χ1v) is 5.65. The van der Waals surface area contributed by atoms with Gasteiger partial charge < -0.3 is 10.1 Å². The van der Waals surface area contributed by atoms with E-state index in [1.165, 1.54) is 12.1 Å². The largest absolute Gasteiger partial charge is 0.465 e. The molecule has 8 heteroatoms. The van der Waals surface area contributed by atoms with Gasteiger partial charge in [-0.3, -0.25) is 4.79 Å². The summed E-state index contributed by atoms with van der Waals surface area (Å²) in [6, 6.07) is 3.56. The van der Waals surface area contributed by atoms with Crippen molar-refractivity contribution in [1.82, 2.24) is 0 Å². The van der Waals surface area contributed by atoms with Crippen LogP contribution in [0.25, 0.3) is 0 Å². The Kier molecular flexibility index (Phi) is 4.89. The molecule has 0 saturated carbocycles. The third kappa shape index (κ3) is 4.87. The average molecular weight is 293 g/mol. The van der Waals surface area contributed by atoms with Gasteiger partial charge in [-0.05, 0) is 33.0 Å². The summed E-state index contributed by atoms with van der Waals surface area (Å²) in [6.07, 6.45) is -5.70. The molecule has 0 aliphatic rings. The Morgan fingerprint density at radius 2 is 2.00 bits per heavy atom. The highest BCUT2D eigenvalue weighted by Gasteiger charge is 2.29. The number of halogens is 3. The third-order valence-corrected chi connectivity index (χ3v) is 2.32. The van der Waals surface area contributed by atoms with Crippen molar-refractivity contribution in [3.05, 3.63) is 29.3 Å². The second kappa shape index (κ2) is 6.02. The maximum absolute atomic E-state index is 12.4. The number of methoxy groups -OCH3 is 1. The molecule has 1 aromatic carbocycles. The van der Waals surface area contributed by atoms with Crippen molar-refractivity contribution in [2.75, 3.05) is 12.4 Å². The van der Waals surface area contributed by atoms with E-state index in [0.29, 0.717) is 0 Å². The quantitative estimate of drug-likeness (QED) is 0.688. The molecule has 4 nitrogen and oxygen atoms in total. The van der Waals surface area contributed by atoms with Crippen LogP contribution in [0.15, 0.2) is 18.2 Å². The maximum atomic E-state index is 12.4. The number of rotatable bonds is 3. The third-order valence-electron chi connectivity index (χ3n) is 2.18. The number of anilines is 1. The van der Waals surface area contributed by atoms with Gasteiger partial charge in [0, 0.05) is 5.69 Å². The molecule has 0 heterocycles. The van der Waals surface area contributed by atoms with E-state index in [-0.39, 0.29) is 16.8 Å². The minimum Gasteiger partial charge on any atom is -0.465 e. The highest BCUT2D eigenvalue weighted by molar-refractivity contribution is 7.40. The molecule has 0 bridgehead atoms. The van der Waals surface area contributed by atoms with Crippen LogP contribution in [0, 0.1) is 0 Å². The first-order valence-electron chi connectivity index (χ1n) is 5.07. The van der Waals surface area contributed by atoms with Gasteiger partial charge in [0.15, 0.2) is 0 Å². The number of hydrogen-bond donors (Lipinski definition) is 1. The minimum absolute atomic E-state index is 0.00461. The van der Waals surface area contributed by atoms with Gasteiger partial charge in [-0.2, -0.15) is 13.2 Å². The van der Waals surface area contributed by atoms with E-state index in [1.54, 1.807) is 9.24 Å². The topological polar surface area (TPSA) is 55.4 Å². The van der Waals surface area contributed by atoms with E-state index in [0.717, 1.165) is 13.2 Å². The van der Waals surface area contributed by atoms with Crippen molar-refractivity contribution < 1.29 is 27.5 Å². The lowest BCUT2D eigenvalue weighted by atomic mass is 10.1. The number of amides is 1. The standard InChI is InChI=1S/C11H11F3NO3P/c1-18-9(16)6-2-3-8(15-10(17)19)7(4-6)5-11(12,13)14/h2-4H,5,19H2,1H3,(H,15,17). The predicted molar refractivity (Wildman–Crippen MR) is 66.3 cm³/mol. The van der Waals surface area contributed by atoms with Crippen LogP contribution < -0.4 is 5.32 Å².